The first-order valence-electron chi connectivity index (χ1n) is 7.31. The van der Waals surface area contributed by atoms with E-state index in [1.54, 1.807) is 6.21 Å². The van der Waals surface area contributed by atoms with E-state index < -0.39 is 0 Å². The van der Waals surface area contributed by atoms with Crippen LogP contribution in [0.4, 0.5) is 0 Å². The number of hydrogen-bond donors (Lipinski definition) is 0. The van der Waals surface area contributed by atoms with E-state index in [1.165, 1.54) is 5.56 Å². The van der Waals surface area contributed by atoms with E-state index in [9.17, 15) is 0 Å². The maximum absolute atomic E-state index is 5.90. The predicted octanol–water partition coefficient (Wildman–Crippen LogP) is 4.50. The quantitative estimate of drug-likeness (QED) is 0.558. The van der Waals surface area contributed by atoms with Crippen LogP contribution in [0.15, 0.2) is 47.6 Å². The summed E-state index contributed by atoms with van der Waals surface area (Å²) < 4.78 is 11.4. The maximum Gasteiger partial charge on any atom is 0.130 e. The van der Waals surface area contributed by atoms with Crippen molar-refractivity contribution in [2.45, 2.75) is 20.8 Å². The number of rotatable bonds is 7. The molecule has 0 unspecified atom stereocenters. The van der Waals surface area contributed by atoms with Crippen molar-refractivity contribution >= 4 is 6.21 Å². The second kappa shape index (κ2) is 8.08. The predicted molar refractivity (Wildman–Crippen MR) is 88.0 cm³/mol. The van der Waals surface area contributed by atoms with E-state index in [4.69, 9.17) is 14.3 Å². The number of benzene rings is 2. The molecule has 0 aliphatic rings. The molecule has 0 bridgehead atoms. The second-order valence-electron chi connectivity index (χ2n) is 4.86. The Labute approximate surface area is 131 Å². The Morgan fingerprint density at radius 3 is 2.45 bits per heavy atom. The third-order valence-electron chi connectivity index (χ3n) is 3.00. The molecule has 4 nitrogen and oxygen atoms in total. The van der Waals surface area contributed by atoms with Gasteiger partial charge in [-0.1, -0.05) is 17.3 Å². The zero-order valence-corrected chi connectivity index (χ0v) is 13.2. The SMILES string of the molecule is CCO/N=C/COc1ccc(Oc2cc(C)ccc2C)cc1. The molecule has 116 valence electrons. The Hall–Kier alpha value is -2.49. The van der Waals surface area contributed by atoms with Crippen LogP contribution >= 0.6 is 0 Å². The summed E-state index contributed by atoms with van der Waals surface area (Å²) in [6, 6.07) is 13.7. The number of ether oxygens (including phenoxy) is 2. The molecule has 0 saturated carbocycles. The Morgan fingerprint density at radius 2 is 1.73 bits per heavy atom. The van der Waals surface area contributed by atoms with Gasteiger partial charge in [-0.2, -0.15) is 0 Å². The lowest BCUT2D eigenvalue weighted by Crippen LogP contribution is -1.98. The van der Waals surface area contributed by atoms with Crippen molar-refractivity contribution in [3.63, 3.8) is 0 Å². The van der Waals surface area contributed by atoms with Gasteiger partial charge in [0.25, 0.3) is 0 Å². The van der Waals surface area contributed by atoms with Crippen molar-refractivity contribution < 1.29 is 14.3 Å². The molecule has 0 radical (unpaired) electrons. The lowest BCUT2D eigenvalue weighted by molar-refractivity contribution is 0.158. The largest absolute Gasteiger partial charge is 0.488 e. The first-order chi connectivity index (χ1) is 10.7. The van der Waals surface area contributed by atoms with Crippen LogP contribution in [0.2, 0.25) is 0 Å². The molecule has 0 spiro atoms. The van der Waals surface area contributed by atoms with Gasteiger partial charge in [0, 0.05) is 0 Å². The standard InChI is InChI=1S/C18H21NO3/c1-4-21-19-11-12-20-16-7-9-17(10-8-16)22-18-13-14(2)5-6-15(18)3/h5-11,13H,4,12H2,1-3H3/b19-11+. The van der Waals surface area contributed by atoms with Gasteiger partial charge in [0.15, 0.2) is 0 Å². The summed E-state index contributed by atoms with van der Waals surface area (Å²) in [6.45, 7) is 6.89. The van der Waals surface area contributed by atoms with Crippen LogP contribution in [0.1, 0.15) is 18.1 Å². The first-order valence-corrected chi connectivity index (χ1v) is 7.31. The van der Waals surface area contributed by atoms with Crippen molar-refractivity contribution in [2.75, 3.05) is 13.2 Å². The third-order valence-corrected chi connectivity index (χ3v) is 3.00. The molecule has 22 heavy (non-hydrogen) atoms. The molecule has 0 N–H and O–H groups in total. The Kier molecular flexibility index (Phi) is 5.83. The highest BCUT2D eigenvalue weighted by Crippen LogP contribution is 2.27. The molecule has 0 saturated heterocycles. The zero-order chi connectivity index (χ0) is 15.8. The monoisotopic (exact) mass is 299 g/mol. The van der Waals surface area contributed by atoms with E-state index in [2.05, 4.69) is 17.3 Å². The summed E-state index contributed by atoms with van der Waals surface area (Å²) in [5.74, 6) is 2.41. The van der Waals surface area contributed by atoms with Crippen LogP contribution < -0.4 is 9.47 Å². The van der Waals surface area contributed by atoms with Gasteiger partial charge in [0.1, 0.15) is 30.5 Å². The number of aryl methyl sites for hydroxylation is 2. The minimum Gasteiger partial charge on any atom is -0.488 e. The Balaban J connectivity index is 1.93. The molecule has 0 aliphatic heterocycles. The van der Waals surface area contributed by atoms with Gasteiger partial charge in [-0.15, -0.1) is 0 Å². The van der Waals surface area contributed by atoms with Gasteiger partial charge < -0.3 is 14.3 Å². The van der Waals surface area contributed by atoms with E-state index in [0.29, 0.717) is 13.2 Å². The molecule has 0 heterocycles. The smallest absolute Gasteiger partial charge is 0.130 e. The minimum absolute atomic E-state index is 0.372. The summed E-state index contributed by atoms with van der Waals surface area (Å²) in [5, 5.41) is 3.72. The first kappa shape index (κ1) is 15.9. The molecule has 0 fully saturated rings. The van der Waals surface area contributed by atoms with E-state index in [-0.39, 0.29) is 0 Å². The van der Waals surface area contributed by atoms with Crippen molar-refractivity contribution in [2.24, 2.45) is 5.16 Å². The van der Waals surface area contributed by atoms with Gasteiger partial charge in [-0.05, 0) is 62.2 Å². The van der Waals surface area contributed by atoms with Gasteiger partial charge in [0.05, 0.1) is 6.21 Å². The van der Waals surface area contributed by atoms with Gasteiger partial charge in [-0.3, -0.25) is 0 Å². The average Bonchev–Trinajstić information content (AvgIpc) is 2.52. The van der Waals surface area contributed by atoms with Crippen LogP contribution in [0.5, 0.6) is 17.2 Å². The van der Waals surface area contributed by atoms with Gasteiger partial charge in [0.2, 0.25) is 0 Å². The van der Waals surface area contributed by atoms with Gasteiger partial charge in [-0.25, -0.2) is 0 Å². The molecular weight excluding hydrogens is 278 g/mol. The van der Waals surface area contributed by atoms with Crippen molar-refractivity contribution in [1.29, 1.82) is 0 Å². The fraction of sp³-hybridized carbons (Fsp3) is 0.278. The number of hydrogen-bond acceptors (Lipinski definition) is 4. The third kappa shape index (κ3) is 4.81. The zero-order valence-electron chi connectivity index (χ0n) is 13.2. The van der Waals surface area contributed by atoms with Crippen molar-refractivity contribution in [3.8, 4) is 17.2 Å². The van der Waals surface area contributed by atoms with Crippen molar-refractivity contribution in [3.05, 3.63) is 53.6 Å². The summed E-state index contributed by atoms with van der Waals surface area (Å²) in [6.07, 6.45) is 1.59. The van der Waals surface area contributed by atoms with Gasteiger partial charge >= 0.3 is 0 Å². The Morgan fingerprint density at radius 1 is 1.00 bits per heavy atom. The molecule has 0 aromatic heterocycles. The van der Waals surface area contributed by atoms with Crippen LogP contribution in [0.3, 0.4) is 0 Å². The van der Waals surface area contributed by atoms with Crippen LogP contribution in [-0.4, -0.2) is 19.4 Å². The van der Waals surface area contributed by atoms with E-state index >= 15 is 0 Å². The second-order valence-corrected chi connectivity index (χ2v) is 4.86. The molecular formula is C18H21NO3. The van der Waals surface area contributed by atoms with Crippen molar-refractivity contribution in [1.82, 2.24) is 0 Å². The minimum atomic E-state index is 0.372. The van der Waals surface area contributed by atoms with Crippen LogP contribution in [-0.2, 0) is 4.84 Å². The molecule has 2 aromatic rings. The molecule has 2 aromatic carbocycles. The number of oxime groups is 1. The highest BCUT2D eigenvalue weighted by atomic mass is 16.6. The maximum atomic E-state index is 5.90. The normalized spacial score (nSPS) is 10.7. The summed E-state index contributed by atoms with van der Waals surface area (Å²) in [7, 11) is 0. The molecule has 2 rings (SSSR count). The number of nitrogens with zero attached hydrogens (tertiary/aromatic N) is 1. The van der Waals surface area contributed by atoms with Crippen LogP contribution in [0.25, 0.3) is 0 Å². The topological polar surface area (TPSA) is 40.0 Å². The summed E-state index contributed by atoms with van der Waals surface area (Å²) in [5.41, 5.74) is 2.28. The Bertz CT molecular complexity index is 621. The molecule has 0 amide bonds. The van der Waals surface area contributed by atoms with Crippen LogP contribution in [0, 0.1) is 13.8 Å². The highest BCUT2D eigenvalue weighted by Gasteiger charge is 2.02. The lowest BCUT2D eigenvalue weighted by atomic mass is 10.1. The fourth-order valence-corrected chi connectivity index (χ4v) is 1.84. The fourth-order valence-electron chi connectivity index (χ4n) is 1.84. The highest BCUT2D eigenvalue weighted by molar-refractivity contribution is 5.58. The summed E-state index contributed by atoms with van der Waals surface area (Å²) >= 11 is 0. The lowest BCUT2D eigenvalue weighted by Gasteiger charge is -2.10. The van der Waals surface area contributed by atoms with E-state index in [0.717, 1.165) is 22.8 Å². The molecule has 4 heteroatoms. The average molecular weight is 299 g/mol. The molecule has 0 atom stereocenters. The summed E-state index contributed by atoms with van der Waals surface area (Å²) in [4.78, 5) is 4.85. The van der Waals surface area contributed by atoms with E-state index in [1.807, 2.05) is 51.1 Å². The molecule has 0 aliphatic carbocycles.